The van der Waals surface area contributed by atoms with Gasteiger partial charge in [0.15, 0.2) is 5.84 Å². The maximum atomic E-state index is 10.8. The normalized spacial score (nSPS) is 17.8. The Bertz CT molecular complexity index is 927. The zero-order valence-electron chi connectivity index (χ0n) is 13.3. The number of hydrogen-bond donors (Lipinski definition) is 2. The van der Waals surface area contributed by atoms with E-state index in [0.29, 0.717) is 12.3 Å². The molecule has 0 amide bonds. The standard InChI is InChI=1S/C19H18N4O/c1-2-17-21-22-18(13-8-4-3-5-9-13)19(23(17)24)15-12-20-16-11-7-6-10-14(15)16/h3-12,19-20,24H,2H2,1H3. The van der Waals surface area contributed by atoms with E-state index in [1.807, 2.05) is 61.7 Å². The van der Waals surface area contributed by atoms with Crippen molar-refractivity contribution in [1.82, 2.24) is 10.0 Å². The predicted molar refractivity (Wildman–Crippen MR) is 95.4 cm³/mol. The largest absolute Gasteiger partial charge is 0.361 e. The average molecular weight is 318 g/mol. The van der Waals surface area contributed by atoms with E-state index in [9.17, 15) is 5.21 Å². The number of aromatic amines is 1. The molecule has 1 aliphatic rings. The Balaban J connectivity index is 1.90. The Labute approximate surface area is 139 Å². The van der Waals surface area contributed by atoms with Crippen molar-refractivity contribution < 1.29 is 5.21 Å². The van der Waals surface area contributed by atoms with Crippen LogP contribution in [0.15, 0.2) is 71.0 Å². The van der Waals surface area contributed by atoms with E-state index in [-0.39, 0.29) is 0 Å². The van der Waals surface area contributed by atoms with Crippen LogP contribution in [0.2, 0.25) is 0 Å². The van der Waals surface area contributed by atoms with Gasteiger partial charge in [0.1, 0.15) is 11.8 Å². The minimum Gasteiger partial charge on any atom is -0.361 e. The molecule has 1 atom stereocenters. The molecule has 2 heterocycles. The predicted octanol–water partition coefficient (Wildman–Crippen LogP) is 4.13. The minimum absolute atomic E-state index is 0.393. The van der Waals surface area contributed by atoms with Crippen molar-refractivity contribution in [2.75, 3.05) is 0 Å². The van der Waals surface area contributed by atoms with Crippen molar-refractivity contribution in [3.05, 3.63) is 71.9 Å². The van der Waals surface area contributed by atoms with Crippen molar-refractivity contribution in [2.24, 2.45) is 10.2 Å². The van der Waals surface area contributed by atoms with Crippen LogP contribution in [0.1, 0.15) is 30.5 Å². The van der Waals surface area contributed by atoms with E-state index in [4.69, 9.17) is 0 Å². The van der Waals surface area contributed by atoms with Gasteiger partial charge < -0.3 is 4.98 Å². The lowest BCUT2D eigenvalue weighted by Gasteiger charge is -2.31. The van der Waals surface area contributed by atoms with Crippen LogP contribution < -0.4 is 0 Å². The molecule has 2 aromatic carbocycles. The molecular formula is C19H18N4O. The second kappa shape index (κ2) is 5.94. The second-order valence-corrected chi connectivity index (χ2v) is 5.76. The van der Waals surface area contributed by atoms with Crippen LogP contribution in [0.5, 0.6) is 0 Å². The number of nitrogens with one attached hydrogen (secondary N) is 1. The van der Waals surface area contributed by atoms with Gasteiger partial charge in [-0.15, -0.1) is 5.10 Å². The molecule has 1 aliphatic heterocycles. The number of hydroxylamine groups is 2. The highest BCUT2D eigenvalue weighted by Gasteiger charge is 2.32. The molecule has 0 spiro atoms. The first kappa shape index (κ1) is 14.7. The summed E-state index contributed by atoms with van der Waals surface area (Å²) >= 11 is 0. The SMILES string of the molecule is CCC1=NN=C(c2ccccc2)C(c2c[nH]c3ccccc23)N1O. The molecule has 0 aliphatic carbocycles. The van der Waals surface area contributed by atoms with E-state index in [0.717, 1.165) is 27.7 Å². The van der Waals surface area contributed by atoms with Gasteiger partial charge >= 0.3 is 0 Å². The van der Waals surface area contributed by atoms with Gasteiger partial charge in [0.2, 0.25) is 0 Å². The Kier molecular flexibility index (Phi) is 3.63. The third kappa shape index (κ3) is 2.30. The van der Waals surface area contributed by atoms with E-state index >= 15 is 0 Å². The number of rotatable bonds is 3. The average Bonchev–Trinajstić information content (AvgIpc) is 3.06. The van der Waals surface area contributed by atoms with Gasteiger partial charge in [-0.3, -0.25) is 5.21 Å². The summed E-state index contributed by atoms with van der Waals surface area (Å²) in [7, 11) is 0. The van der Waals surface area contributed by atoms with Crippen molar-refractivity contribution in [3.8, 4) is 0 Å². The first-order valence-corrected chi connectivity index (χ1v) is 8.03. The molecule has 120 valence electrons. The number of benzene rings is 2. The Hall–Kier alpha value is -2.92. The van der Waals surface area contributed by atoms with Crippen LogP contribution >= 0.6 is 0 Å². The van der Waals surface area contributed by atoms with Crippen molar-refractivity contribution in [2.45, 2.75) is 19.4 Å². The summed E-state index contributed by atoms with van der Waals surface area (Å²) in [4.78, 5) is 3.28. The Morgan fingerprint density at radius 1 is 1.04 bits per heavy atom. The van der Waals surface area contributed by atoms with Crippen LogP contribution in [0.25, 0.3) is 10.9 Å². The summed E-state index contributed by atoms with van der Waals surface area (Å²) in [5.74, 6) is 0.560. The maximum absolute atomic E-state index is 10.8. The van der Waals surface area contributed by atoms with Gasteiger partial charge in [-0.25, -0.2) is 5.06 Å². The molecule has 2 N–H and O–H groups in total. The summed E-state index contributed by atoms with van der Waals surface area (Å²) in [6, 6.07) is 17.5. The van der Waals surface area contributed by atoms with Crippen molar-refractivity contribution >= 4 is 22.5 Å². The molecule has 5 heteroatoms. The van der Waals surface area contributed by atoms with Gasteiger partial charge in [-0.2, -0.15) is 5.10 Å². The monoisotopic (exact) mass is 318 g/mol. The van der Waals surface area contributed by atoms with Crippen LogP contribution in [0.4, 0.5) is 0 Å². The Morgan fingerprint density at radius 3 is 2.58 bits per heavy atom. The summed E-state index contributed by atoms with van der Waals surface area (Å²) in [5, 5.41) is 21.7. The van der Waals surface area contributed by atoms with Gasteiger partial charge in [0.25, 0.3) is 0 Å². The van der Waals surface area contributed by atoms with Gasteiger partial charge in [0, 0.05) is 34.6 Å². The number of aromatic nitrogens is 1. The quantitative estimate of drug-likeness (QED) is 0.762. The molecule has 1 unspecified atom stereocenters. The molecule has 3 aromatic rings. The van der Waals surface area contributed by atoms with Crippen molar-refractivity contribution in [1.29, 1.82) is 0 Å². The second-order valence-electron chi connectivity index (χ2n) is 5.76. The summed E-state index contributed by atoms with van der Waals surface area (Å²) in [5.41, 5.74) is 3.70. The lowest BCUT2D eigenvalue weighted by molar-refractivity contribution is -0.0371. The number of nitrogens with zero attached hydrogens (tertiary/aromatic N) is 3. The molecule has 5 nitrogen and oxygen atoms in total. The van der Waals surface area contributed by atoms with Gasteiger partial charge in [0.05, 0.1) is 0 Å². The lowest BCUT2D eigenvalue weighted by Crippen LogP contribution is -2.38. The number of hydrogen-bond acceptors (Lipinski definition) is 4. The fourth-order valence-corrected chi connectivity index (χ4v) is 3.13. The summed E-state index contributed by atoms with van der Waals surface area (Å²) in [6.45, 7) is 1.96. The zero-order chi connectivity index (χ0) is 16.5. The van der Waals surface area contributed by atoms with Crippen LogP contribution in [-0.2, 0) is 0 Å². The van der Waals surface area contributed by atoms with E-state index in [2.05, 4.69) is 21.3 Å². The number of amidine groups is 1. The van der Waals surface area contributed by atoms with Crippen LogP contribution in [-0.4, -0.2) is 26.8 Å². The highest BCUT2D eigenvalue weighted by molar-refractivity contribution is 6.09. The van der Waals surface area contributed by atoms with Gasteiger partial charge in [-0.1, -0.05) is 55.5 Å². The first-order valence-electron chi connectivity index (χ1n) is 8.03. The highest BCUT2D eigenvalue weighted by Crippen LogP contribution is 2.33. The number of para-hydroxylation sites is 1. The fourth-order valence-electron chi connectivity index (χ4n) is 3.13. The summed E-state index contributed by atoms with van der Waals surface area (Å²) < 4.78 is 0. The summed E-state index contributed by atoms with van der Waals surface area (Å²) in [6.07, 6.45) is 2.55. The molecule has 0 bridgehead atoms. The van der Waals surface area contributed by atoms with E-state index in [1.165, 1.54) is 5.06 Å². The van der Waals surface area contributed by atoms with Crippen molar-refractivity contribution in [3.63, 3.8) is 0 Å². The van der Waals surface area contributed by atoms with Crippen LogP contribution in [0, 0.1) is 0 Å². The van der Waals surface area contributed by atoms with Crippen LogP contribution in [0.3, 0.4) is 0 Å². The molecular weight excluding hydrogens is 300 g/mol. The van der Waals surface area contributed by atoms with E-state index < -0.39 is 6.04 Å². The Morgan fingerprint density at radius 2 is 1.79 bits per heavy atom. The molecule has 0 saturated carbocycles. The molecule has 24 heavy (non-hydrogen) atoms. The first-order chi connectivity index (χ1) is 11.8. The number of H-pyrrole nitrogens is 1. The van der Waals surface area contributed by atoms with E-state index in [1.54, 1.807) is 0 Å². The molecule has 0 saturated heterocycles. The van der Waals surface area contributed by atoms with Gasteiger partial charge in [-0.05, 0) is 6.07 Å². The lowest BCUT2D eigenvalue weighted by atomic mass is 9.95. The molecule has 4 rings (SSSR count). The molecule has 1 aromatic heterocycles. The maximum Gasteiger partial charge on any atom is 0.152 e. The zero-order valence-corrected chi connectivity index (χ0v) is 13.3. The molecule has 0 fully saturated rings. The topological polar surface area (TPSA) is 64.0 Å². The molecule has 0 radical (unpaired) electrons. The highest BCUT2D eigenvalue weighted by atomic mass is 16.5. The third-order valence-electron chi connectivity index (χ3n) is 4.34. The minimum atomic E-state index is -0.393. The smallest absolute Gasteiger partial charge is 0.152 e. The fraction of sp³-hybridized carbons (Fsp3) is 0.158. The number of fused-ring (bicyclic) bond motifs is 1. The third-order valence-corrected chi connectivity index (χ3v) is 4.34.